The van der Waals surface area contributed by atoms with Gasteiger partial charge in [0.05, 0.1) is 19.8 Å². The van der Waals surface area contributed by atoms with Gasteiger partial charge in [-0.05, 0) is 18.2 Å². The number of nitrogen functional groups attached to an aromatic ring is 2. The Labute approximate surface area is 133 Å². The van der Waals surface area contributed by atoms with Gasteiger partial charge in [0, 0.05) is 30.6 Å². The molecule has 7 heteroatoms. The number of hydrogen-bond donors (Lipinski definition) is 2. The molecule has 0 radical (unpaired) electrons. The van der Waals surface area contributed by atoms with Crippen LogP contribution in [0.4, 0.5) is 15.8 Å². The molecule has 4 N–H and O–H groups in total. The van der Waals surface area contributed by atoms with E-state index in [1.165, 1.54) is 39.5 Å². The first-order valence-corrected chi connectivity index (χ1v) is 6.71. The Kier molecular flexibility index (Phi) is 4.90. The lowest BCUT2D eigenvalue weighted by Crippen LogP contribution is -2.14. The van der Waals surface area contributed by atoms with Crippen LogP contribution in [0, 0.1) is 5.82 Å². The van der Waals surface area contributed by atoms with Gasteiger partial charge in [0.1, 0.15) is 0 Å². The topological polar surface area (TPSA) is 92.1 Å². The monoisotopic (exact) mass is 319 g/mol. The third-order valence-electron chi connectivity index (χ3n) is 3.15. The molecular formula is C16H18FN3O3. The molecule has 0 bridgehead atoms. The van der Waals surface area contributed by atoms with E-state index in [1.54, 1.807) is 12.1 Å². The van der Waals surface area contributed by atoms with Crippen molar-refractivity contribution < 1.29 is 18.6 Å². The summed E-state index contributed by atoms with van der Waals surface area (Å²) in [7, 11) is 4.52. The van der Waals surface area contributed by atoms with Crippen molar-refractivity contribution in [2.45, 2.75) is 0 Å². The summed E-state index contributed by atoms with van der Waals surface area (Å²) in [4.78, 5) is 4.03. The van der Waals surface area contributed by atoms with Gasteiger partial charge in [-0.25, -0.2) is 4.39 Å². The number of benzene rings is 2. The number of anilines is 2. The SMILES string of the molecule is CN=C(Oc1ccc(N)cc1F)c1cc(OC)c(OC)cc1N. The first-order valence-electron chi connectivity index (χ1n) is 6.71. The summed E-state index contributed by atoms with van der Waals surface area (Å²) < 4.78 is 29.8. The van der Waals surface area contributed by atoms with E-state index in [-0.39, 0.29) is 11.6 Å². The molecule has 2 aromatic rings. The van der Waals surface area contributed by atoms with E-state index in [1.807, 2.05) is 0 Å². The highest BCUT2D eigenvalue weighted by Crippen LogP contribution is 2.33. The zero-order valence-corrected chi connectivity index (χ0v) is 13.1. The number of ether oxygens (including phenoxy) is 3. The Hall–Kier alpha value is -2.96. The minimum Gasteiger partial charge on any atom is -0.493 e. The fraction of sp³-hybridized carbons (Fsp3) is 0.188. The predicted octanol–water partition coefficient (Wildman–Crippen LogP) is 2.46. The van der Waals surface area contributed by atoms with Gasteiger partial charge in [-0.3, -0.25) is 4.99 Å². The Balaban J connectivity index is 2.42. The maximum absolute atomic E-state index is 13.9. The number of nitrogens with two attached hydrogens (primary N) is 2. The van der Waals surface area contributed by atoms with E-state index in [4.69, 9.17) is 25.7 Å². The second kappa shape index (κ2) is 6.87. The van der Waals surface area contributed by atoms with Crippen molar-refractivity contribution in [1.29, 1.82) is 0 Å². The predicted molar refractivity (Wildman–Crippen MR) is 87.9 cm³/mol. The minimum atomic E-state index is -0.592. The highest BCUT2D eigenvalue weighted by Gasteiger charge is 2.16. The van der Waals surface area contributed by atoms with Crippen LogP contribution in [0.1, 0.15) is 5.56 Å². The second-order valence-corrected chi connectivity index (χ2v) is 4.62. The number of aliphatic imine (C=N–C) groups is 1. The molecule has 0 aliphatic carbocycles. The van der Waals surface area contributed by atoms with Crippen LogP contribution in [0.15, 0.2) is 35.3 Å². The van der Waals surface area contributed by atoms with Gasteiger partial charge in [0.2, 0.25) is 5.90 Å². The van der Waals surface area contributed by atoms with Crippen molar-refractivity contribution in [3.8, 4) is 17.2 Å². The molecule has 0 saturated carbocycles. The van der Waals surface area contributed by atoms with E-state index in [2.05, 4.69) is 4.99 Å². The Bertz CT molecular complexity index is 748. The zero-order chi connectivity index (χ0) is 17.0. The standard InChI is InChI=1S/C16H18FN3O3/c1-20-16(23-13-5-4-9(18)6-11(13)17)10-7-14(21-2)15(22-3)8-12(10)19/h4-8H,18-19H2,1-3H3. The number of hydrogen-bond acceptors (Lipinski definition) is 6. The normalized spacial score (nSPS) is 11.2. The molecule has 0 heterocycles. The van der Waals surface area contributed by atoms with Crippen LogP contribution in [-0.4, -0.2) is 27.2 Å². The number of halogens is 1. The van der Waals surface area contributed by atoms with Crippen LogP contribution < -0.4 is 25.7 Å². The molecule has 0 spiro atoms. The molecule has 0 unspecified atom stereocenters. The molecule has 122 valence electrons. The van der Waals surface area contributed by atoms with Crippen molar-refractivity contribution in [3.05, 3.63) is 41.7 Å². The van der Waals surface area contributed by atoms with Crippen molar-refractivity contribution in [2.24, 2.45) is 4.99 Å². The van der Waals surface area contributed by atoms with E-state index < -0.39 is 5.82 Å². The van der Waals surface area contributed by atoms with Gasteiger partial charge in [0.15, 0.2) is 23.1 Å². The van der Waals surface area contributed by atoms with Gasteiger partial charge in [-0.1, -0.05) is 0 Å². The van der Waals surface area contributed by atoms with Gasteiger partial charge in [-0.2, -0.15) is 0 Å². The lowest BCUT2D eigenvalue weighted by molar-refractivity contribution is 0.355. The molecule has 2 aromatic carbocycles. The molecule has 2 rings (SSSR count). The Morgan fingerprint density at radius 1 is 1.00 bits per heavy atom. The molecule has 23 heavy (non-hydrogen) atoms. The first kappa shape index (κ1) is 16.4. The highest BCUT2D eigenvalue weighted by atomic mass is 19.1. The van der Waals surface area contributed by atoms with Crippen LogP contribution in [-0.2, 0) is 0 Å². The van der Waals surface area contributed by atoms with Crippen LogP contribution in [0.3, 0.4) is 0 Å². The molecule has 0 aliphatic heterocycles. The van der Waals surface area contributed by atoms with Crippen LogP contribution in [0.5, 0.6) is 17.2 Å². The van der Waals surface area contributed by atoms with Crippen LogP contribution in [0.25, 0.3) is 0 Å². The minimum absolute atomic E-state index is 0.00557. The fourth-order valence-corrected chi connectivity index (χ4v) is 2.01. The summed E-state index contributed by atoms with van der Waals surface area (Å²) >= 11 is 0. The summed E-state index contributed by atoms with van der Waals surface area (Å²) in [5, 5.41) is 0. The molecule has 0 amide bonds. The van der Waals surface area contributed by atoms with Gasteiger partial charge >= 0.3 is 0 Å². The molecule has 0 atom stereocenters. The smallest absolute Gasteiger partial charge is 0.224 e. The van der Waals surface area contributed by atoms with Crippen LogP contribution >= 0.6 is 0 Å². The maximum Gasteiger partial charge on any atom is 0.224 e. The summed E-state index contributed by atoms with van der Waals surface area (Å²) in [6.45, 7) is 0. The van der Waals surface area contributed by atoms with Crippen LogP contribution in [0.2, 0.25) is 0 Å². The van der Waals surface area contributed by atoms with E-state index >= 15 is 0 Å². The van der Waals surface area contributed by atoms with Gasteiger partial charge < -0.3 is 25.7 Å². The zero-order valence-electron chi connectivity index (χ0n) is 13.1. The first-order chi connectivity index (χ1) is 11.0. The van der Waals surface area contributed by atoms with Crippen molar-refractivity contribution in [2.75, 3.05) is 32.7 Å². The maximum atomic E-state index is 13.9. The molecule has 0 aromatic heterocycles. The quantitative estimate of drug-likeness (QED) is 0.513. The van der Waals surface area contributed by atoms with Gasteiger partial charge in [-0.15, -0.1) is 0 Å². The summed E-state index contributed by atoms with van der Waals surface area (Å²) in [5.41, 5.74) is 12.6. The fourth-order valence-electron chi connectivity index (χ4n) is 2.01. The number of nitrogens with zero attached hydrogens (tertiary/aromatic N) is 1. The van der Waals surface area contributed by atoms with Crippen molar-refractivity contribution >= 4 is 17.3 Å². The summed E-state index contributed by atoms with van der Waals surface area (Å²) in [5.74, 6) is 0.480. The van der Waals surface area contributed by atoms with E-state index in [9.17, 15) is 4.39 Å². The number of methoxy groups -OCH3 is 2. The second-order valence-electron chi connectivity index (χ2n) is 4.62. The number of rotatable bonds is 4. The molecule has 6 nitrogen and oxygen atoms in total. The molecular weight excluding hydrogens is 301 g/mol. The Morgan fingerprint density at radius 2 is 1.65 bits per heavy atom. The lowest BCUT2D eigenvalue weighted by atomic mass is 10.1. The average Bonchev–Trinajstić information content (AvgIpc) is 2.54. The Morgan fingerprint density at radius 3 is 2.22 bits per heavy atom. The van der Waals surface area contributed by atoms with E-state index in [0.717, 1.165) is 0 Å². The lowest BCUT2D eigenvalue weighted by Gasteiger charge is -2.15. The highest BCUT2D eigenvalue weighted by molar-refractivity contribution is 6.01. The third-order valence-corrected chi connectivity index (χ3v) is 3.15. The molecule has 0 saturated heterocycles. The largest absolute Gasteiger partial charge is 0.493 e. The van der Waals surface area contributed by atoms with Crippen molar-refractivity contribution in [1.82, 2.24) is 0 Å². The summed E-state index contributed by atoms with van der Waals surface area (Å²) in [6.07, 6.45) is 0. The summed E-state index contributed by atoms with van der Waals surface area (Å²) in [6, 6.07) is 7.32. The van der Waals surface area contributed by atoms with Gasteiger partial charge in [0.25, 0.3) is 0 Å². The average molecular weight is 319 g/mol. The van der Waals surface area contributed by atoms with Crippen molar-refractivity contribution in [3.63, 3.8) is 0 Å². The molecule has 0 fully saturated rings. The molecule has 0 aliphatic rings. The van der Waals surface area contributed by atoms with E-state index in [0.29, 0.717) is 28.4 Å². The third kappa shape index (κ3) is 3.45.